The van der Waals surface area contributed by atoms with Crippen molar-refractivity contribution >= 4 is 23.5 Å². The van der Waals surface area contributed by atoms with Crippen LogP contribution in [-0.4, -0.2) is 37.0 Å². The van der Waals surface area contributed by atoms with Gasteiger partial charge in [0.05, 0.1) is 31.0 Å². The van der Waals surface area contributed by atoms with Crippen molar-refractivity contribution in [3.8, 4) is 11.8 Å². The van der Waals surface area contributed by atoms with Gasteiger partial charge in [0.1, 0.15) is 5.69 Å². The van der Waals surface area contributed by atoms with Crippen molar-refractivity contribution in [2.24, 2.45) is 0 Å². The van der Waals surface area contributed by atoms with Crippen LogP contribution in [0.3, 0.4) is 0 Å². The predicted molar refractivity (Wildman–Crippen MR) is 88.9 cm³/mol. The highest BCUT2D eigenvalue weighted by molar-refractivity contribution is 6.09. The summed E-state index contributed by atoms with van der Waals surface area (Å²) in [5.74, 6) is 3.02. The smallest absolute Gasteiger partial charge is 0.339 e. The van der Waals surface area contributed by atoms with Gasteiger partial charge in [0.15, 0.2) is 0 Å². The zero-order valence-corrected chi connectivity index (χ0v) is 13.5. The summed E-state index contributed by atoms with van der Waals surface area (Å²) in [7, 11) is 2.44. The molecule has 1 N–H and O–H groups in total. The van der Waals surface area contributed by atoms with E-state index in [0.717, 1.165) is 0 Å². The van der Waals surface area contributed by atoms with E-state index >= 15 is 0 Å². The van der Waals surface area contributed by atoms with E-state index in [9.17, 15) is 14.4 Å². The largest absolute Gasteiger partial charge is 0.465 e. The van der Waals surface area contributed by atoms with E-state index in [1.807, 2.05) is 0 Å². The summed E-state index contributed by atoms with van der Waals surface area (Å²) in [5.41, 5.74) is 0.774. The minimum atomic E-state index is -0.669. The topological polar surface area (TPSA) is 94.6 Å². The van der Waals surface area contributed by atoms with E-state index in [4.69, 9.17) is 0 Å². The maximum absolute atomic E-state index is 12.0. The van der Waals surface area contributed by atoms with Crippen LogP contribution in [0.5, 0.6) is 0 Å². The van der Waals surface area contributed by atoms with Gasteiger partial charge < -0.3 is 14.8 Å². The Kier molecular flexibility index (Phi) is 5.85. The maximum Gasteiger partial charge on any atom is 0.339 e. The van der Waals surface area contributed by atoms with E-state index in [2.05, 4.69) is 31.6 Å². The van der Waals surface area contributed by atoms with Crippen molar-refractivity contribution in [2.45, 2.75) is 0 Å². The number of aromatic nitrogens is 1. The number of methoxy groups -OCH3 is 2. The lowest BCUT2D eigenvalue weighted by molar-refractivity contribution is -0.111. The van der Waals surface area contributed by atoms with Gasteiger partial charge >= 0.3 is 17.8 Å². The monoisotopic (exact) mass is 338 g/mol. The molecule has 7 nitrogen and oxygen atoms in total. The first-order valence-corrected chi connectivity index (χ1v) is 7.10. The van der Waals surface area contributed by atoms with E-state index in [1.165, 1.54) is 32.4 Å². The number of carbonyl (C=O) groups is 3. The molecule has 2 rings (SSSR count). The second kappa shape index (κ2) is 8.26. The third-order valence-electron chi connectivity index (χ3n) is 3.06. The molecule has 0 unspecified atom stereocenters. The van der Waals surface area contributed by atoms with E-state index in [1.54, 1.807) is 24.4 Å². The summed E-state index contributed by atoms with van der Waals surface area (Å²) in [4.78, 5) is 39.4. The fourth-order valence-corrected chi connectivity index (χ4v) is 1.89. The Labute approximate surface area is 144 Å². The molecule has 0 saturated heterocycles. The van der Waals surface area contributed by atoms with Gasteiger partial charge in [0, 0.05) is 12.1 Å². The highest BCUT2D eigenvalue weighted by Gasteiger charge is 2.16. The van der Waals surface area contributed by atoms with Crippen molar-refractivity contribution in [2.75, 3.05) is 19.5 Å². The van der Waals surface area contributed by atoms with Gasteiger partial charge in [0.25, 0.3) is 0 Å². The molecule has 2 aromatic rings. The first kappa shape index (κ1) is 17.7. The predicted octanol–water partition coefficient (Wildman–Crippen LogP) is 1.65. The molecule has 7 heteroatoms. The number of amides is 1. The molecule has 0 spiro atoms. The summed E-state index contributed by atoms with van der Waals surface area (Å²) < 4.78 is 9.29. The fourth-order valence-electron chi connectivity index (χ4n) is 1.89. The Hall–Kier alpha value is -3.66. The zero-order valence-electron chi connectivity index (χ0n) is 13.5. The highest BCUT2D eigenvalue weighted by atomic mass is 16.5. The number of hydrogen-bond donors (Lipinski definition) is 1. The van der Waals surface area contributed by atoms with Crippen LogP contribution in [0.15, 0.2) is 42.6 Å². The molecule has 0 bridgehead atoms. The number of anilines is 1. The van der Waals surface area contributed by atoms with Crippen molar-refractivity contribution in [1.29, 1.82) is 0 Å². The Morgan fingerprint density at radius 3 is 2.44 bits per heavy atom. The number of esters is 2. The van der Waals surface area contributed by atoms with E-state index in [0.29, 0.717) is 5.69 Å². The summed E-state index contributed by atoms with van der Waals surface area (Å²) in [6.07, 6.45) is 1.55. The third kappa shape index (κ3) is 4.65. The lowest BCUT2D eigenvalue weighted by Crippen LogP contribution is -2.15. The molecule has 25 heavy (non-hydrogen) atoms. The fraction of sp³-hybridized carbons (Fsp3) is 0.111. The van der Waals surface area contributed by atoms with Gasteiger partial charge in [-0.05, 0) is 36.3 Å². The number of nitrogens with zero attached hydrogens (tertiary/aromatic N) is 1. The van der Waals surface area contributed by atoms with Crippen LogP contribution in [0, 0.1) is 11.8 Å². The van der Waals surface area contributed by atoms with Crippen molar-refractivity contribution < 1.29 is 23.9 Å². The molecule has 0 fully saturated rings. The summed E-state index contributed by atoms with van der Waals surface area (Å²) in [6.45, 7) is 0. The van der Waals surface area contributed by atoms with Gasteiger partial charge in [-0.1, -0.05) is 6.07 Å². The van der Waals surface area contributed by atoms with Crippen LogP contribution >= 0.6 is 0 Å². The third-order valence-corrected chi connectivity index (χ3v) is 3.06. The number of benzene rings is 1. The molecule has 0 atom stereocenters. The zero-order chi connectivity index (χ0) is 18.2. The number of carbonyl (C=O) groups excluding carboxylic acids is 3. The van der Waals surface area contributed by atoms with Crippen molar-refractivity contribution in [3.63, 3.8) is 0 Å². The Morgan fingerprint density at radius 2 is 1.80 bits per heavy atom. The van der Waals surface area contributed by atoms with Crippen molar-refractivity contribution in [3.05, 3.63) is 59.4 Å². The molecule has 0 aliphatic heterocycles. The molecule has 126 valence electrons. The molecular formula is C18H14N2O5. The quantitative estimate of drug-likeness (QED) is 0.675. The highest BCUT2D eigenvalue weighted by Crippen LogP contribution is 2.19. The second-order valence-electron chi connectivity index (χ2n) is 4.66. The van der Waals surface area contributed by atoms with Crippen LogP contribution in [0.2, 0.25) is 0 Å². The average molecular weight is 338 g/mol. The Bertz CT molecular complexity index is 866. The minimum Gasteiger partial charge on any atom is -0.465 e. The normalized spacial score (nSPS) is 9.36. The van der Waals surface area contributed by atoms with E-state index < -0.39 is 17.8 Å². The van der Waals surface area contributed by atoms with Gasteiger partial charge in [-0.2, -0.15) is 0 Å². The molecule has 0 saturated carbocycles. The molecule has 0 aliphatic carbocycles. The molecule has 1 amide bonds. The summed E-state index contributed by atoms with van der Waals surface area (Å²) >= 11 is 0. The molecule has 1 aromatic carbocycles. The van der Waals surface area contributed by atoms with Gasteiger partial charge in [-0.15, -0.1) is 0 Å². The van der Waals surface area contributed by atoms with Gasteiger partial charge in [0.2, 0.25) is 0 Å². The van der Waals surface area contributed by atoms with Crippen LogP contribution in [-0.2, 0) is 14.3 Å². The van der Waals surface area contributed by atoms with E-state index in [-0.39, 0.29) is 16.8 Å². The Balaban J connectivity index is 2.29. The first-order valence-electron chi connectivity index (χ1n) is 7.10. The van der Waals surface area contributed by atoms with Gasteiger partial charge in [-0.25, -0.2) is 14.6 Å². The minimum absolute atomic E-state index is 0.0862. The lowest BCUT2D eigenvalue weighted by Gasteiger charge is -2.09. The number of pyridine rings is 1. The van der Waals surface area contributed by atoms with Crippen LogP contribution < -0.4 is 5.32 Å². The van der Waals surface area contributed by atoms with Crippen molar-refractivity contribution in [1.82, 2.24) is 4.98 Å². The summed E-state index contributed by atoms with van der Waals surface area (Å²) in [5, 5.41) is 2.47. The average Bonchev–Trinajstić information content (AvgIpc) is 2.65. The first-order chi connectivity index (χ1) is 12.0. The molecule has 1 aromatic heterocycles. The maximum atomic E-state index is 12.0. The molecule has 0 radical (unpaired) electrons. The molecule has 0 aliphatic rings. The standard InChI is InChI=1S/C18H14N2O5/c1-24-17(22)12-6-8-14(18(23)25-2)15(11-12)20-16(21)9-7-13-5-3-4-10-19-13/h3-6,8,10-11H,1-2H3,(H,20,21). The number of hydrogen-bond acceptors (Lipinski definition) is 6. The molecule has 1 heterocycles. The number of nitrogens with one attached hydrogen (secondary N) is 1. The number of rotatable bonds is 3. The van der Waals surface area contributed by atoms with Crippen LogP contribution in [0.25, 0.3) is 0 Å². The molecular weight excluding hydrogens is 324 g/mol. The Morgan fingerprint density at radius 1 is 1.04 bits per heavy atom. The van der Waals surface area contributed by atoms with Crippen LogP contribution in [0.4, 0.5) is 5.69 Å². The second-order valence-corrected chi connectivity index (χ2v) is 4.66. The lowest BCUT2D eigenvalue weighted by atomic mass is 10.1. The number of ether oxygens (including phenoxy) is 2. The van der Waals surface area contributed by atoms with Gasteiger partial charge in [-0.3, -0.25) is 4.79 Å². The van der Waals surface area contributed by atoms with Crippen LogP contribution in [0.1, 0.15) is 26.4 Å². The SMILES string of the molecule is COC(=O)c1ccc(C(=O)OC)c(NC(=O)C#Cc2ccccn2)c1. The summed E-state index contributed by atoms with van der Waals surface area (Å²) in [6, 6.07) is 9.19.